The molecule has 0 atom stereocenters. The van der Waals surface area contributed by atoms with Gasteiger partial charge in [0.2, 0.25) is 0 Å². The Morgan fingerprint density at radius 3 is 2.18 bits per heavy atom. The van der Waals surface area contributed by atoms with Crippen LogP contribution in [0.2, 0.25) is 0 Å². The molecular weight excluding hydrogens is 247 g/mol. The van der Waals surface area contributed by atoms with Crippen LogP contribution in [0.4, 0.5) is 0 Å². The Morgan fingerprint density at radius 2 is 1.73 bits per heavy atom. The van der Waals surface area contributed by atoms with Gasteiger partial charge >= 0.3 is 23.9 Å². The van der Waals surface area contributed by atoms with Crippen molar-refractivity contribution < 1.29 is 9.90 Å². The number of unbranched alkanes of at least 4 members (excludes halogenated alkanes) is 4. The summed E-state index contributed by atoms with van der Waals surface area (Å²) in [4.78, 5) is 9.92. The summed E-state index contributed by atoms with van der Waals surface area (Å²) in [6.07, 6.45) is 5.61. The molecule has 0 aliphatic rings. The Kier molecular flexibility index (Phi) is 12.9. The van der Waals surface area contributed by atoms with Crippen molar-refractivity contribution in [3.63, 3.8) is 0 Å². The van der Waals surface area contributed by atoms with E-state index < -0.39 is 5.97 Å². The molecule has 0 aliphatic heterocycles. The minimum atomic E-state index is -0.920. The zero-order valence-corrected chi connectivity index (χ0v) is 9.91. The molecular formula is C8H15O2Sn+3. The minimum absolute atomic E-state index is 0. The van der Waals surface area contributed by atoms with Crippen LogP contribution in [-0.4, -0.2) is 29.9 Å². The molecule has 0 aromatic heterocycles. The van der Waals surface area contributed by atoms with E-state index in [2.05, 4.69) is 6.92 Å². The van der Waals surface area contributed by atoms with Crippen LogP contribution in [0, 0.1) is 0 Å². The molecule has 0 saturated carbocycles. The average Bonchev–Trinajstić information content (AvgIpc) is 1.87. The molecule has 0 aliphatic carbocycles. The SMILES string of the molecule is CCCCCCCC(=O)[O-].[Sn+4]. The van der Waals surface area contributed by atoms with Gasteiger partial charge < -0.3 is 9.90 Å². The van der Waals surface area contributed by atoms with E-state index in [-0.39, 0.29) is 30.3 Å². The van der Waals surface area contributed by atoms with E-state index in [1.54, 1.807) is 0 Å². The molecule has 3 heteroatoms. The maximum absolute atomic E-state index is 9.92. The second kappa shape index (κ2) is 10.3. The summed E-state index contributed by atoms with van der Waals surface area (Å²) >= 11 is 0. The smallest absolute Gasteiger partial charge is 0.550 e. The first-order valence-electron chi connectivity index (χ1n) is 3.97. The van der Waals surface area contributed by atoms with Crippen LogP contribution >= 0.6 is 0 Å². The van der Waals surface area contributed by atoms with Gasteiger partial charge in [0, 0.05) is 5.97 Å². The van der Waals surface area contributed by atoms with Gasteiger partial charge in [-0.25, -0.2) is 0 Å². The van der Waals surface area contributed by atoms with Gasteiger partial charge in [-0.15, -0.1) is 0 Å². The number of carboxylic acids is 1. The summed E-state index contributed by atoms with van der Waals surface area (Å²) < 4.78 is 0. The molecule has 2 nitrogen and oxygen atoms in total. The predicted octanol–water partition coefficient (Wildman–Crippen LogP) is 0.716. The van der Waals surface area contributed by atoms with Crippen molar-refractivity contribution in [3.05, 3.63) is 0 Å². The van der Waals surface area contributed by atoms with Crippen LogP contribution in [0.1, 0.15) is 45.4 Å². The Hall–Kier alpha value is 0.269. The molecule has 0 spiro atoms. The monoisotopic (exact) mass is 263 g/mol. The summed E-state index contributed by atoms with van der Waals surface area (Å²) in [6, 6.07) is 0. The van der Waals surface area contributed by atoms with Crippen molar-refractivity contribution in [2.24, 2.45) is 0 Å². The van der Waals surface area contributed by atoms with Crippen molar-refractivity contribution in [1.29, 1.82) is 0 Å². The number of aliphatic carboxylic acids is 1. The molecule has 0 aromatic rings. The van der Waals surface area contributed by atoms with Gasteiger partial charge in [0.25, 0.3) is 0 Å². The van der Waals surface area contributed by atoms with Crippen molar-refractivity contribution in [1.82, 2.24) is 0 Å². The van der Waals surface area contributed by atoms with Gasteiger partial charge in [0.1, 0.15) is 0 Å². The third kappa shape index (κ3) is 13.3. The molecule has 0 fully saturated rings. The summed E-state index contributed by atoms with van der Waals surface area (Å²) in [6.45, 7) is 2.14. The first-order chi connectivity index (χ1) is 4.77. The van der Waals surface area contributed by atoms with E-state index in [1.807, 2.05) is 0 Å². The number of rotatable bonds is 6. The standard InChI is InChI=1S/C8H16O2.Sn/c1-2-3-4-5-6-7-8(9)10;/h2-7H2,1H3,(H,9,10);/q;+4/p-1. The van der Waals surface area contributed by atoms with E-state index in [0.717, 1.165) is 19.3 Å². The molecule has 0 N–H and O–H groups in total. The number of hydrogen-bond acceptors (Lipinski definition) is 2. The first kappa shape index (κ1) is 13.8. The largest absolute Gasteiger partial charge is 4.00 e. The Bertz CT molecular complexity index is 94.1. The number of carboxylic acid groups (broad SMARTS) is 1. The first-order valence-corrected chi connectivity index (χ1v) is 3.97. The molecule has 0 unspecified atom stereocenters. The van der Waals surface area contributed by atoms with Gasteiger partial charge in [-0.1, -0.05) is 32.6 Å². The third-order valence-corrected chi connectivity index (χ3v) is 1.48. The third-order valence-electron chi connectivity index (χ3n) is 1.48. The molecule has 0 amide bonds. The van der Waals surface area contributed by atoms with Gasteiger partial charge in [-0.05, 0) is 12.8 Å². The molecule has 0 saturated heterocycles. The number of carbonyl (C=O) groups excluding carboxylic acids is 1. The molecule has 60 valence electrons. The quantitative estimate of drug-likeness (QED) is 0.522. The molecule has 0 aromatic carbocycles. The molecule has 0 bridgehead atoms. The van der Waals surface area contributed by atoms with Crippen LogP contribution in [0.3, 0.4) is 0 Å². The van der Waals surface area contributed by atoms with E-state index in [1.165, 1.54) is 12.8 Å². The predicted molar refractivity (Wildman–Crippen MR) is 44.1 cm³/mol. The van der Waals surface area contributed by atoms with E-state index in [4.69, 9.17) is 0 Å². The second-order valence-corrected chi connectivity index (χ2v) is 2.54. The van der Waals surface area contributed by atoms with Crippen molar-refractivity contribution in [3.8, 4) is 0 Å². The summed E-state index contributed by atoms with van der Waals surface area (Å²) in [7, 11) is 0. The van der Waals surface area contributed by atoms with Crippen molar-refractivity contribution in [2.45, 2.75) is 45.4 Å². The fraction of sp³-hybridized carbons (Fsp3) is 0.875. The summed E-state index contributed by atoms with van der Waals surface area (Å²) in [5, 5.41) is 9.92. The summed E-state index contributed by atoms with van der Waals surface area (Å²) in [5.41, 5.74) is 0. The van der Waals surface area contributed by atoms with E-state index in [0.29, 0.717) is 0 Å². The Balaban J connectivity index is 0. The average molecular weight is 262 g/mol. The number of hydrogen-bond donors (Lipinski definition) is 0. The van der Waals surface area contributed by atoms with Crippen LogP contribution in [0.5, 0.6) is 0 Å². The topological polar surface area (TPSA) is 40.1 Å². The van der Waals surface area contributed by atoms with Crippen LogP contribution < -0.4 is 5.11 Å². The van der Waals surface area contributed by atoms with Gasteiger partial charge in [0.15, 0.2) is 0 Å². The zero-order valence-electron chi connectivity index (χ0n) is 7.06. The fourth-order valence-electron chi connectivity index (χ4n) is 0.873. The van der Waals surface area contributed by atoms with Crippen LogP contribution in [0.25, 0.3) is 0 Å². The van der Waals surface area contributed by atoms with Gasteiger partial charge in [-0.3, -0.25) is 0 Å². The maximum atomic E-state index is 9.92. The Morgan fingerprint density at radius 1 is 1.18 bits per heavy atom. The van der Waals surface area contributed by atoms with E-state index >= 15 is 0 Å². The van der Waals surface area contributed by atoms with Crippen molar-refractivity contribution >= 4 is 29.9 Å². The van der Waals surface area contributed by atoms with Crippen LogP contribution in [0.15, 0.2) is 0 Å². The number of carbonyl (C=O) groups is 1. The maximum Gasteiger partial charge on any atom is 4.00 e. The van der Waals surface area contributed by atoms with Crippen LogP contribution in [-0.2, 0) is 4.79 Å². The molecule has 11 heavy (non-hydrogen) atoms. The van der Waals surface area contributed by atoms with Gasteiger partial charge in [-0.2, -0.15) is 0 Å². The van der Waals surface area contributed by atoms with Crippen molar-refractivity contribution in [2.75, 3.05) is 0 Å². The second-order valence-electron chi connectivity index (χ2n) is 2.54. The normalized spacial score (nSPS) is 8.82. The zero-order chi connectivity index (χ0) is 7.82. The van der Waals surface area contributed by atoms with Gasteiger partial charge in [0.05, 0.1) is 0 Å². The van der Waals surface area contributed by atoms with E-state index in [9.17, 15) is 9.90 Å². The molecule has 0 rings (SSSR count). The Labute approximate surface area is 85.3 Å². The summed E-state index contributed by atoms with van der Waals surface area (Å²) in [5.74, 6) is -0.920. The fourth-order valence-corrected chi connectivity index (χ4v) is 0.873. The molecule has 0 radical (unpaired) electrons. The minimum Gasteiger partial charge on any atom is -0.550 e. The molecule has 0 heterocycles.